The summed E-state index contributed by atoms with van der Waals surface area (Å²) in [4.78, 5) is 10.8. The number of rotatable bonds is 5. The molecule has 0 aromatic heterocycles. The van der Waals surface area contributed by atoms with Crippen molar-refractivity contribution in [2.75, 3.05) is 12.4 Å². The number of aromatic carboxylic acids is 1. The minimum absolute atomic E-state index is 0.0429. The molecule has 1 aromatic rings. The van der Waals surface area contributed by atoms with Crippen LogP contribution >= 0.6 is 0 Å². The Morgan fingerprint density at radius 2 is 2.11 bits per heavy atom. The standard InChI is InChI=1S/C13H18FNO3/c1-8(13(2,3)18-4)15-11-7-9(12(16)17)5-6-10(11)14/h5-8,15H,1-4H3,(H,16,17). The van der Waals surface area contributed by atoms with Crippen molar-refractivity contribution in [3.05, 3.63) is 29.6 Å². The molecule has 0 spiro atoms. The average Bonchev–Trinajstić information content (AvgIpc) is 2.31. The molecule has 18 heavy (non-hydrogen) atoms. The lowest BCUT2D eigenvalue weighted by molar-refractivity contribution is 0.0107. The van der Waals surface area contributed by atoms with Gasteiger partial charge >= 0.3 is 5.97 Å². The van der Waals surface area contributed by atoms with Gasteiger partial charge in [-0.3, -0.25) is 0 Å². The van der Waals surface area contributed by atoms with Gasteiger partial charge in [0.2, 0.25) is 0 Å². The Hall–Kier alpha value is -1.62. The number of benzene rings is 1. The van der Waals surface area contributed by atoms with Crippen molar-refractivity contribution >= 4 is 11.7 Å². The first kappa shape index (κ1) is 14.4. The van der Waals surface area contributed by atoms with Crippen molar-refractivity contribution in [3.8, 4) is 0 Å². The van der Waals surface area contributed by atoms with Crippen LogP contribution in [0.2, 0.25) is 0 Å². The summed E-state index contributed by atoms with van der Waals surface area (Å²) >= 11 is 0. The summed E-state index contributed by atoms with van der Waals surface area (Å²) in [5.41, 5.74) is -0.292. The first-order chi connectivity index (χ1) is 8.27. The van der Waals surface area contributed by atoms with E-state index in [1.165, 1.54) is 12.1 Å². The van der Waals surface area contributed by atoms with Gasteiger partial charge in [0, 0.05) is 7.11 Å². The topological polar surface area (TPSA) is 58.6 Å². The number of carboxylic acid groups (broad SMARTS) is 1. The van der Waals surface area contributed by atoms with Crippen LogP contribution in [0.3, 0.4) is 0 Å². The van der Waals surface area contributed by atoms with E-state index in [1.807, 2.05) is 20.8 Å². The monoisotopic (exact) mass is 255 g/mol. The van der Waals surface area contributed by atoms with Gasteiger partial charge in [-0.05, 0) is 39.0 Å². The van der Waals surface area contributed by atoms with E-state index in [4.69, 9.17) is 9.84 Å². The molecule has 5 heteroatoms. The zero-order chi connectivity index (χ0) is 13.9. The van der Waals surface area contributed by atoms with E-state index in [-0.39, 0.29) is 17.3 Å². The highest BCUT2D eigenvalue weighted by Crippen LogP contribution is 2.22. The van der Waals surface area contributed by atoms with Gasteiger partial charge in [-0.2, -0.15) is 0 Å². The Kier molecular flexibility index (Phi) is 4.29. The molecule has 0 aliphatic heterocycles. The molecule has 0 aliphatic rings. The maximum atomic E-state index is 13.6. The molecule has 1 aromatic carbocycles. The molecule has 4 nitrogen and oxygen atoms in total. The van der Waals surface area contributed by atoms with Gasteiger partial charge in [-0.15, -0.1) is 0 Å². The number of carboxylic acids is 1. The summed E-state index contributed by atoms with van der Waals surface area (Å²) in [6.45, 7) is 5.57. The van der Waals surface area contributed by atoms with E-state index >= 15 is 0 Å². The first-order valence-electron chi connectivity index (χ1n) is 5.62. The van der Waals surface area contributed by atoms with Gasteiger partial charge in [0.05, 0.1) is 22.9 Å². The van der Waals surface area contributed by atoms with Gasteiger partial charge in [0.15, 0.2) is 0 Å². The summed E-state index contributed by atoms with van der Waals surface area (Å²) in [5.74, 6) is -1.57. The number of anilines is 1. The third-order valence-electron chi connectivity index (χ3n) is 3.15. The number of halogens is 1. The van der Waals surface area contributed by atoms with Crippen LogP contribution in [0.25, 0.3) is 0 Å². The summed E-state index contributed by atoms with van der Waals surface area (Å²) in [6, 6.07) is 3.47. The fourth-order valence-corrected chi connectivity index (χ4v) is 1.35. The van der Waals surface area contributed by atoms with Gasteiger partial charge in [0.1, 0.15) is 5.82 Å². The minimum Gasteiger partial charge on any atom is -0.478 e. The van der Waals surface area contributed by atoms with E-state index in [2.05, 4.69) is 5.32 Å². The van der Waals surface area contributed by atoms with Gasteiger partial charge < -0.3 is 15.2 Å². The molecule has 0 saturated heterocycles. The number of nitrogens with one attached hydrogen (secondary N) is 1. The summed E-state index contributed by atoms with van der Waals surface area (Å²) in [7, 11) is 1.57. The van der Waals surface area contributed by atoms with E-state index in [0.717, 1.165) is 6.07 Å². The average molecular weight is 255 g/mol. The van der Waals surface area contributed by atoms with Gasteiger partial charge in [-0.25, -0.2) is 9.18 Å². The Labute approximate surface area is 106 Å². The van der Waals surface area contributed by atoms with Crippen LogP contribution in [0.15, 0.2) is 18.2 Å². The molecule has 1 rings (SSSR count). The molecular formula is C13H18FNO3. The second kappa shape index (κ2) is 5.35. The van der Waals surface area contributed by atoms with Crippen molar-refractivity contribution < 1.29 is 19.0 Å². The van der Waals surface area contributed by atoms with Crippen LogP contribution in [0.4, 0.5) is 10.1 Å². The summed E-state index contributed by atoms with van der Waals surface area (Å²) in [5, 5.41) is 11.8. The molecule has 0 bridgehead atoms. The maximum absolute atomic E-state index is 13.6. The fraction of sp³-hybridized carbons (Fsp3) is 0.462. The Bertz CT molecular complexity index is 446. The number of carbonyl (C=O) groups is 1. The third kappa shape index (κ3) is 3.20. The fourth-order valence-electron chi connectivity index (χ4n) is 1.35. The van der Waals surface area contributed by atoms with E-state index in [0.29, 0.717) is 0 Å². The molecule has 1 atom stereocenters. The lowest BCUT2D eigenvalue weighted by Crippen LogP contribution is -2.41. The Balaban J connectivity index is 2.97. The lowest BCUT2D eigenvalue weighted by atomic mass is 10.00. The lowest BCUT2D eigenvalue weighted by Gasteiger charge is -2.31. The third-order valence-corrected chi connectivity index (χ3v) is 3.15. The van der Waals surface area contributed by atoms with Crippen LogP contribution in [0.5, 0.6) is 0 Å². The molecule has 1 unspecified atom stereocenters. The van der Waals surface area contributed by atoms with Crippen LogP contribution in [-0.4, -0.2) is 29.8 Å². The van der Waals surface area contributed by atoms with Gasteiger partial charge in [0.25, 0.3) is 0 Å². The van der Waals surface area contributed by atoms with Crippen LogP contribution < -0.4 is 5.32 Å². The molecule has 0 amide bonds. The zero-order valence-corrected chi connectivity index (χ0v) is 11.0. The predicted molar refractivity (Wildman–Crippen MR) is 67.5 cm³/mol. The van der Waals surface area contributed by atoms with Gasteiger partial charge in [-0.1, -0.05) is 0 Å². The van der Waals surface area contributed by atoms with Crippen molar-refractivity contribution in [2.24, 2.45) is 0 Å². The molecule has 100 valence electrons. The maximum Gasteiger partial charge on any atom is 0.335 e. The van der Waals surface area contributed by atoms with E-state index < -0.39 is 17.4 Å². The van der Waals surface area contributed by atoms with Crippen molar-refractivity contribution in [1.82, 2.24) is 0 Å². The number of hydrogen-bond donors (Lipinski definition) is 2. The van der Waals surface area contributed by atoms with Crippen LogP contribution in [-0.2, 0) is 4.74 Å². The number of methoxy groups -OCH3 is 1. The quantitative estimate of drug-likeness (QED) is 0.849. The van der Waals surface area contributed by atoms with Crippen LogP contribution in [0.1, 0.15) is 31.1 Å². The first-order valence-corrected chi connectivity index (χ1v) is 5.62. The largest absolute Gasteiger partial charge is 0.478 e. The molecule has 0 aliphatic carbocycles. The highest BCUT2D eigenvalue weighted by atomic mass is 19.1. The Morgan fingerprint density at radius 3 is 2.61 bits per heavy atom. The predicted octanol–water partition coefficient (Wildman–Crippen LogP) is 2.75. The summed E-state index contributed by atoms with van der Waals surface area (Å²) < 4.78 is 18.9. The summed E-state index contributed by atoms with van der Waals surface area (Å²) in [6.07, 6.45) is 0. The highest BCUT2D eigenvalue weighted by Gasteiger charge is 2.26. The van der Waals surface area contributed by atoms with Crippen LogP contribution in [0, 0.1) is 5.82 Å². The smallest absolute Gasteiger partial charge is 0.335 e. The minimum atomic E-state index is -1.09. The van der Waals surface area contributed by atoms with E-state index in [9.17, 15) is 9.18 Å². The highest BCUT2D eigenvalue weighted by molar-refractivity contribution is 5.88. The molecule has 0 radical (unpaired) electrons. The molecule has 0 heterocycles. The molecular weight excluding hydrogens is 237 g/mol. The zero-order valence-electron chi connectivity index (χ0n) is 11.0. The Morgan fingerprint density at radius 1 is 1.50 bits per heavy atom. The normalized spacial score (nSPS) is 13.2. The van der Waals surface area contributed by atoms with Crippen molar-refractivity contribution in [1.29, 1.82) is 0 Å². The number of ether oxygens (including phenoxy) is 1. The second-order valence-electron chi connectivity index (χ2n) is 4.67. The SMILES string of the molecule is COC(C)(C)C(C)Nc1cc(C(=O)O)ccc1F. The van der Waals surface area contributed by atoms with Crippen molar-refractivity contribution in [2.45, 2.75) is 32.4 Å². The van der Waals surface area contributed by atoms with E-state index in [1.54, 1.807) is 7.11 Å². The molecule has 0 fully saturated rings. The van der Waals surface area contributed by atoms with Crippen molar-refractivity contribution in [3.63, 3.8) is 0 Å². The number of hydrogen-bond acceptors (Lipinski definition) is 3. The molecule has 2 N–H and O–H groups in total. The second-order valence-corrected chi connectivity index (χ2v) is 4.67. The molecule has 0 saturated carbocycles.